The number of nitrogens with zero attached hydrogens (tertiary/aromatic N) is 4. The van der Waals surface area contributed by atoms with Crippen molar-refractivity contribution >= 4 is 45.4 Å². The zero-order valence-corrected chi connectivity index (χ0v) is 33.3. The average Bonchev–Trinajstić information content (AvgIpc) is 3.80. The van der Waals surface area contributed by atoms with Gasteiger partial charge in [0.15, 0.2) is 0 Å². The molecule has 2 amide bonds. The molecule has 0 saturated heterocycles. The quantitative estimate of drug-likeness (QED) is 0.189. The van der Waals surface area contributed by atoms with Crippen LogP contribution in [0.15, 0.2) is 107 Å². The lowest BCUT2D eigenvalue weighted by Gasteiger charge is -2.45. The Kier molecular flexibility index (Phi) is 11.7. The minimum absolute atomic E-state index is 0.0258. The zero-order valence-electron chi connectivity index (χ0n) is 31.6. The molecule has 2 spiro atoms. The van der Waals surface area contributed by atoms with E-state index in [9.17, 15) is 27.2 Å². The molecule has 8 nitrogen and oxygen atoms in total. The molecule has 0 aromatic heterocycles. The Balaban J connectivity index is 0.000000177. The first-order chi connectivity index (χ1) is 27.3. The summed E-state index contributed by atoms with van der Waals surface area (Å²) in [4.78, 5) is 23.8. The molecular weight excluding hydrogens is 773 g/mol. The number of hydrogen-bond donors (Lipinski definition) is 2. The first-order valence-electron chi connectivity index (χ1n) is 19.0. The second-order valence-electron chi connectivity index (χ2n) is 14.6. The Labute approximate surface area is 338 Å². The zero-order chi connectivity index (χ0) is 40.5. The molecule has 2 aliphatic carbocycles. The monoisotopic (exact) mass is 816 g/mol. The number of carbonyl (C=O) groups is 2. The SMILES string of the molecule is CC(=O)N1N=C(c2cc(C(F)(F)F)ccc2F)S[C@]12c1ccccc1CC[C@H]2CCN.CC(=O)N1N=C(c2ccccc2)S[C@@]12c1ccccc1CC[C@@H]2CCN. The van der Waals surface area contributed by atoms with Crippen LogP contribution in [0.2, 0.25) is 0 Å². The number of benzene rings is 4. The van der Waals surface area contributed by atoms with Crippen molar-refractivity contribution < 1.29 is 27.2 Å². The van der Waals surface area contributed by atoms with Gasteiger partial charge in [0.05, 0.1) is 5.56 Å². The largest absolute Gasteiger partial charge is 0.416 e. The summed E-state index contributed by atoms with van der Waals surface area (Å²) in [6.07, 6.45) is 0.421. The third-order valence-corrected chi connectivity index (χ3v) is 14.2. The summed E-state index contributed by atoms with van der Waals surface area (Å²) in [7, 11) is 0. The van der Waals surface area contributed by atoms with Crippen molar-refractivity contribution in [2.75, 3.05) is 13.1 Å². The number of rotatable bonds is 6. The van der Waals surface area contributed by atoms with Gasteiger partial charge in [-0.1, -0.05) is 102 Å². The summed E-state index contributed by atoms with van der Waals surface area (Å²) in [5.41, 5.74) is 16.0. The number of thioether (sulfide) groups is 2. The predicted molar refractivity (Wildman–Crippen MR) is 218 cm³/mol. The fourth-order valence-electron chi connectivity index (χ4n) is 8.63. The molecule has 2 heterocycles. The van der Waals surface area contributed by atoms with Gasteiger partial charge in [-0.15, -0.1) is 0 Å². The number of carbonyl (C=O) groups excluding carboxylic acids is 2. The second-order valence-corrected chi connectivity index (χ2v) is 17.0. The Bertz CT molecular complexity index is 2220. The Morgan fingerprint density at radius 3 is 1.68 bits per heavy atom. The number of hydrazone groups is 2. The first-order valence-corrected chi connectivity index (χ1v) is 20.6. The van der Waals surface area contributed by atoms with E-state index in [0.29, 0.717) is 25.6 Å². The lowest BCUT2D eigenvalue weighted by molar-refractivity contribution is -0.138. The van der Waals surface area contributed by atoms with Gasteiger partial charge in [0, 0.05) is 25.0 Å². The van der Waals surface area contributed by atoms with Gasteiger partial charge in [-0.3, -0.25) is 9.59 Å². The van der Waals surface area contributed by atoms with E-state index >= 15 is 0 Å². The molecule has 57 heavy (non-hydrogen) atoms. The average molecular weight is 817 g/mol. The number of fused-ring (bicyclic) bond motifs is 4. The van der Waals surface area contributed by atoms with Crippen LogP contribution in [0.3, 0.4) is 0 Å². The van der Waals surface area contributed by atoms with Gasteiger partial charge in [-0.25, -0.2) is 14.4 Å². The second kappa shape index (κ2) is 16.4. The van der Waals surface area contributed by atoms with Crippen LogP contribution in [0.25, 0.3) is 0 Å². The van der Waals surface area contributed by atoms with Crippen molar-refractivity contribution in [1.82, 2.24) is 10.0 Å². The van der Waals surface area contributed by atoms with Crippen LogP contribution in [0.1, 0.15) is 78.5 Å². The van der Waals surface area contributed by atoms with Gasteiger partial charge in [0.2, 0.25) is 11.8 Å². The highest BCUT2D eigenvalue weighted by atomic mass is 32.2. The van der Waals surface area contributed by atoms with Crippen molar-refractivity contribution in [2.45, 2.75) is 68.3 Å². The van der Waals surface area contributed by atoms with Gasteiger partial charge in [0.25, 0.3) is 0 Å². The van der Waals surface area contributed by atoms with E-state index in [2.05, 4.69) is 41.5 Å². The van der Waals surface area contributed by atoms with Gasteiger partial charge in [0.1, 0.15) is 25.6 Å². The molecule has 4 aromatic rings. The molecule has 4 aromatic carbocycles. The number of halogens is 4. The summed E-state index contributed by atoms with van der Waals surface area (Å²) >= 11 is 2.85. The number of amides is 2. The maximum atomic E-state index is 14.6. The minimum Gasteiger partial charge on any atom is -0.330 e. The van der Waals surface area contributed by atoms with Crippen molar-refractivity contribution in [3.63, 3.8) is 0 Å². The van der Waals surface area contributed by atoms with Crippen molar-refractivity contribution in [1.29, 1.82) is 0 Å². The molecule has 4 aliphatic rings. The lowest BCUT2D eigenvalue weighted by atomic mass is 9.77. The Hall–Kier alpha value is -4.50. The van der Waals surface area contributed by atoms with E-state index in [1.165, 1.54) is 23.1 Å². The van der Waals surface area contributed by atoms with E-state index in [0.717, 1.165) is 77.7 Å². The Morgan fingerprint density at radius 1 is 0.719 bits per heavy atom. The standard InChI is InChI=1S/C22H21F4N3OS.C21H23N3OS/c1-13(30)29-21(15(10-11-27)7-6-14-4-2-3-5-18(14)21)31-20(28-29)17-12-16(22(24,25)26)8-9-19(17)23;1-15(25)24-21(26-20(23-24)17-8-3-2-4-9-17)18(13-14-22)12-11-16-7-5-6-10-19(16)21/h2-5,8-9,12,15H,6-7,10-11,27H2,1H3;2-10,18H,11-14,22H2,1H3/t15-,21+;18-,21+/m01/s1. The van der Waals surface area contributed by atoms with Gasteiger partial charge in [-0.05, 0) is 104 Å². The highest BCUT2D eigenvalue weighted by Gasteiger charge is 2.56. The number of alkyl halides is 3. The summed E-state index contributed by atoms with van der Waals surface area (Å²) in [6, 6.07) is 28.5. The van der Waals surface area contributed by atoms with E-state index in [-0.39, 0.29) is 34.3 Å². The molecule has 4 N–H and O–H groups in total. The lowest BCUT2D eigenvalue weighted by Crippen LogP contribution is -2.49. The van der Waals surface area contributed by atoms with Crippen LogP contribution in [-0.2, 0) is 38.3 Å². The van der Waals surface area contributed by atoms with E-state index in [1.807, 2.05) is 42.5 Å². The minimum atomic E-state index is -4.62. The van der Waals surface area contributed by atoms with Gasteiger partial charge < -0.3 is 11.5 Å². The third-order valence-electron chi connectivity index (χ3n) is 11.1. The number of hydrogen-bond acceptors (Lipinski definition) is 8. The third kappa shape index (κ3) is 7.41. The highest BCUT2D eigenvalue weighted by Crippen LogP contribution is 2.59. The molecule has 4 atom stereocenters. The molecule has 0 fully saturated rings. The fraction of sp³-hybridized carbons (Fsp3) is 0.349. The first kappa shape index (κ1) is 40.7. The summed E-state index contributed by atoms with van der Waals surface area (Å²) < 4.78 is 54.4. The van der Waals surface area contributed by atoms with Crippen molar-refractivity contribution in [2.24, 2.45) is 33.5 Å². The van der Waals surface area contributed by atoms with E-state index in [1.54, 1.807) is 23.7 Å². The van der Waals surface area contributed by atoms with E-state index < -0.39 is 27.3 Å². The van der Waals surface area contributed by atoms with E-state index in [4.69, 9.17) is 16.6 Å². The highest BCUT2D eigenvalue weighted by molar-refractivity contribution is 8.15. The predicted octanol–water partition coefficient (Wildman–Crippen LogP) is 8.57. The van der Waals surface area contributed by atoms with Crippen LogP contribution < -0.4 is 11.5 Å². The van der Waals surface area contributed by atoms with Crippen LogP contribution in [0.5, 0.6) is 0 Å². The number of nitrogens with two attached hydrogens (primary N) is 2. The van der Waals surface area contributed by atoms with Crippen LogP contribution >= 0.6 is 23.5 Å². The Morgan fingerprint density at radius 2 is 1.19 bits per heavy atom. The molecule has 0 bridgehead atoms. The summed E-state index contributed by atoms with van der Waals surface area (Å²) in [5.74, 6) is -1.02. The molecule has 8 rings (SSSR count). The van der Waals surface area contributed by atoms with Gasteiger partial charge >= 0.3 is 6.18 Å². The fourth-order valence-corrected chi connectivity index (χ4v) is 11.9. The molecule has 2 aliphatic heterocycles. The summed E-state index contributed by atoms with van der Waals surface area (Å²) in [6.45, 7) is 3.96. The molecule has 298 valence electrons. The van der Waals surface area contributed by atoms with Gasteiger partial charge in [-0.2, -0.15) is 23.4 Å². The topological polar surface area (TPSA) is 117 Å². The molecule has 14 heteroatoms. The molecule has 0 unspecified atom stereocenters. The molecule has 0 radical (unpaired) electrons. The summed E-state index contributed by atoms with van der Waals surface area (Å²) in [5, 5.41) is 13.1. The van der Waals surface area contributed by atoms with Crippen LogP contribution in [0, 0.1) is 17.7 Å². The van der Waals surface area contributed by atoms with Crippen LogP contribution in [0.4, 0.5) is 17.6 Å². The molecule has 0 saturated carbocycles. The smallest absolute Gasteiger partial charge is 0.330 e. The van der Waals surface area contributed by atoms with Crippen LogP contribution in [-0.4, -0.2) is 45.0 Å². The van der Waals surface area contributed by atoms with Crippen molar-refractivity contribution in [3.8, 4) is 0 Å². The normalized spacial score (nSPS) is 23.7. The van der Waals surface area contributed by atoms with Crippen molar-refractivity contribution in [3.05, 3.63) is 142 Å². The number of aryl methyl sites for hydroxylation is 2. The molecular formula is C43H44F4N6O2S2. The maximum absolute atomic E-state index is 14.6. The maximum Gasteiger partial charge on any atom is 0.416 e.